The summed E-state index contributed by atoms with van der Waals surface area (Å²) in [5, 5.41) is 0. The average molecular weight is 510 g/mol. The van der Waals surface area contributed by atoms with E-state index in [4.69, 9.17) is 9.47 Å². The minimum atomic E-state index is -4.06. The first-order valence-corrected chi connectivity index (χ1v) is 13.2. The third-order valence-corrected chi connectivity index (χ3v) is 8.07. The molecule has 1 aliphatic heterocycles. The maximum atomic E-state index is 13.8. The van der Waals surface area contributed by atoms with E-state index >= 15 is 0 Å². The minimum absolute atomic E-state index is 0.104. The van der Waals surface area contributed by atoms with Gasteiger partial charge in [-0.1, -0.05) is 35.9 Å². The van der Waals surface area contributed by atoms with Gasteiger partial charge in [-0.05, 0) is 43.3 Å². The van der Waals surface area contributed by atoms with Crippen molar-refractivity contribution >= 4 is 27.3 Å². The lowest BCUT2D eigenvalue weighted by Gasteiger charge is -2.37. The molecule has 3 aromatic carbocycles. The topological polar surface area (TPSA) is 79.4 Å². The lowest BCUT2D eigenvalue weighted by molar-refractivity contribution is -0.129. The van der Waals surface area contributed by atoms with Crippen molar-refractivity contribution in [3.63, 3.8) is 0 Å². The van der Waals surface area contributed by atoms with Crippen LogP contribution in [0.5, 0.6) is 11.5 Å². The third-order valence-electron chi connectivity index (χ3n) is 6.30. The predicted octanol–water partition coefficient (Wildman–Crippen LogP) is 3.56. The number of sulfonamides is 1. The molecule has 1 fully saturated rings. The molecule has 1 heterocycles. The number of piperazine rings is 1. The molecule has 1 aliphatic rings. The molecule has 0 radical (unpaired) electrons. The first-order chi connectivity index (χ1) is 17.3. The first-order valence-electron chi connectivity index (χ1n) is 11.7. The molecule has 0 saturated carbocycles. The summed E-state index contributed by atoms with van der Waals surface area (Å²) in [5.41, 5.74) is 2.32. The zero-order valence-electron chi connectivity index (χ0n) is 20.8. The van der Waals surface area contributed by atoms with Gasteiger partial charge in [0, 0.05) is 37.9 Å². The molecule has 36 heavy (non-hydrogen) atoms. The summed E-state index contributed by atoms with van der Waals surface area (Å²) in [5.74, 6) is 0.551. The van der Waals surface area contributed by atoms with Crippen molar-refractivity contribution < 1.29 is 22.7 Å². The van der Waals surface area contributed by atoms with Crippen LogP contribution in [0.4, 0.5) is 11.4 Å². The number of rotatable bonds is 8. The van der Waals surface area contributed by atoms with E-state index in [9.17, 15) is 13.2 Å². The van der Waals surface area contributed by atoms with Gasteiger partial charge in [-0.25, -0.2) is 8.42 Å². The molecule has 0 bridgehead atoms. The van der Waals surface area contributed by atoms with Crippen LogP contribution in [0.15, 0.2) is 77.7 Å². The number of carbonyl (C=O) groups excluding carboxylic acids is 1. The normalized spacial score (nSPS) is 13.9. The van der Waals surface area contributed by atoms with Crippen LogP contribution in [-0.4, -0.2) is 66.2 Å². The fraction of sp³-hybridized carbons (Fsp3) is 0.296. The highest BCUT2D eigenvalue weighted by molar-refractivity contribution is 7.92. The highest BCUT2D eigenvalue weighted by Crippen LogP contribution is 2.35. The van der Waals surface area contributed by atoms with E-state index in [-0.39, 0.29) is 23.0 Å². The Morgan fingerprint density at radius 1 is 0.889 bits per heavy atom. The van der Waals surface area contributed by atoms with Crippen molar-refractivity contribution in [2.45, 2.75) is 11.8 Å². The number of carbonyl (C=O) groups is 1. The molecule has 1 amide bonds. The van der Waals surface area contributed by atoms with Crippen LogP contribution in [0.2, 0.25) is 0 Å². The largest absolute Gasteiger partial charge is 0.497 e. The molecule has 0 unspecified atom stereocenters. The van der Waals surface area contributed by atoms with Gasteiger partial charge in [-0.15, -0.1) is 0 Å². The number of methoxy groups -OCH3 is 2. The van der Waals surface area contributed by atoms with Crippen LogP contribution in [0.1, 0.15) is 5.56 Å². The Labute approximate surface area is 212 Å². The third kappa shape index (κ3) is 5.41. The summed E-state index contributed by atoms with van der Waals surface area (Å²) in [7, 11) is -1.08. The van der Waals surface area contributed by atoms with Gasteiger partial charge in [0.25, 0.3) is 10.0 Å². The van der Waals surface area contributed by atoms with E-state index in [0.29, 0.717) is 37.7 Å². The molecule has 4 rings (SSSR count). The average Bonchev–Trinajstić information content (AvgIpc) is 2.92. The number of para-hydroxylation sites is 1. The van der Waals surface area contributed by atoms with Crippen molar-refractivity contribution in [2.24, 2.45) is 0 Å². The Kier molecular flexibility index (Phi) is 7.69. The van der Waals surface area contributed by atoms with Crippen LogP contribution in [0.3, 0.4) is 0 Å². The summed E-state index contributed by atoms with van der Waals surface area (Å²) in [4.78, 5) is 17.5. The van der Waals surface area contributed by atoms with Crippen LogP contribution in [-0.2, 0) is 14.8 Å². The van der Waals surface area contributed by atoms with E-state index in [1.165, 1.54) is 14.2 Å². The van der Waals surface area contributed by atoms with Crippen molar-refractivity contribution in [3.05, 3.63) is 78.4 Å². The summed E-state index contributed by atoms with van der Waals surface area (Å²) in [6, 6.07) is 21.5. The Bertz CT molecular complexity index is 1290. The lowest BCUT2D eigenvalue weighted by atomic mass is 10.2. The number of ether oxygens (including phenoxy) is 2. The Morgan fingerprint density at radius 3 is 2.17 bits per heavy atom. The van der Waals surface area contributed by atoms with Gasteiger partial charge in [0.1, 0.15) is 18.0 Å². The number of benzene rings is 3. The van der Waals surface area contributed by atoms with E-state index in [1.54, 1.807) is 47.4 Å². The first kappa shape index (κ1) is 25.4. The molecule has 8 nitrogen and oxygen atoms in total. The number of aryl methyl sites for hydroxylation is 1. The fourth-order valence-electron chi connectivity index (χ4n) is 4.20. The molecule has 0 N–H and O–H groups in total. The van der Waals surface area contributed by atoms with Gasteiger partial charge in [-0.2, -0.15) is 0 Å². The Morgan fingerprint density at radius 2 is 1.56 bits per heavy atom. The van der Waals surface area contributed by atoms with Gasteiger partial charge < -0.3 is 19.3 Å². The van der Waals surface area contributed by atoms with Gasteiger partial charge in [-0.3, -0.25) is 9.10 Å². The van der Waals surface area contributed by atoms with Crippen LogP contribution in [0.25, 0.3) is 0 Å². The monoisotopic (exact) mass is 509 g/mol. The Hall–Kier alpha value is -3.72. The van der Waals surface area contributed by atoms with Crippen LogP contribution >= 0.6 is 0 Å². The number of hydrogen-bond acceptors (Lipinski definition) is 6. The summed E-state index contributed by atoms with van der Waals surface area (Å²) in [6.45, 7) is 3.90. The van der Waals surface area contributed by atoms with E-state index in [1.807, 2.05) is 37.3 Å². The molecule has 0 spiro atoms. The highest BCUT2D eigenvalue weighted by atomic mass is 32.2. The Balaban J connectivity index is 1.61. The second-order valence-corrected chi connectivity index (χ2v) is 10.4. The van der Waals surface area contributed by atoms with Gasteiger partial charge in [0.05, 0.1) is 24.8 Å². The highest BCUT2D eigenvalue weighted by Gasteiger charge is 2.32. The van der Waals surface area contributed by atoms with Gasteiger partial charge in [0.2, 0.25) is 5.91 Å². The molecular weight excluding hydrogens is 478 g/mol. The van der Waals surface area contributed by atoms with E-state index < -0.39 is 10.0 Å². The van der Waals surface area contributed by atoms with Crippen LogP contribution < -0.4 is 18.7 Å². The molecular formula is C27H31N3O5S. The number of anilines is 2. The van der Waals surface area contributed by atoms with Crippen molar-refractivity contribution in [3.8, 4) is 11.5 Å². The smallest absolute Gasteiger partial charge is 0.264 e. The van der Waals surface area contributed by atoms with Gasteiger partial charge >= 0.3 is 0 Å². The fourth-order valence-corrected chi connectivity index (χ4v) is 5.63. The quantitative estimate of drug-likeness (QED) is 0.462. The molecule has 9 heteroatoms. The molecule has 190 valence electrons. The molecule has 3 aromatic rings. The van der Waals surface area contributed by atoms with E-state index in [2.05, 4.69) is 4.90 Å². The SMILES string of the molecule is COc1ccc(N(CC(=O)N2CCN(c3ccccc3)CC2)S(=O)(=O)c2ccc(C)cc2)c(OC)c1. The lowest BCUT2D eigenvalue weighted by Crippen LogP contribution is -2.52. The molecule has 1 saturated heterocycles. The van der Waals surface area contributed by atoms with E-state index in [0.717, 1.165) is 15.6 Å². The molecule has 0 atom stereocenters. The zero-order valence-corrected chi connectivity index (χ0v) is 21.6. The van der Waals surface area contributed by atoms with Gasteiger partial charge in [0.15, 0.2) is 0 Å². The number of hydrogen-bond donors (Lipinski definition) is 0. The predicted molar refractivity (Wildman–Crippen MR) is 140 cm³/mol. The maximum Gasteiger partial charge on any atom is 0.264 e. The minimum Gasteiger partial charge on any atom is -0.497 e. The number of nitrogens with zero attached hydrogens (tertiary/aromatic N) is 3. The second-order valence-electron chi connectivity index (χ2n) is 8.57. The number of amides is 1. The van der Waals surface area contributed by atoms with Crippen molar-refractivity contribution in [1.29, 1.82) is 0 Å². The summed E-state index contributed by atoms with van der Waals surface area (Å²) >= 11 is 0. The van der Waals surface area contributed by atoms with Crippen LogP contribution in [0, 0.1) is 6.92 Å². The summed E-state index contributed by atoms with van der Waals surface area (Å²) < 4.78 is 39.5. The zero-order chi connectivity index (χ0) is 25.7. The summed E-state index contributed by atoms with van der Waals surface area (Å²) in [6.07, 6.45) is 0. The molecule has 0 aromatic heterocycles. The van der Waals surface area contributed by atoms with Crippen molar-refractivity contribution in [1.82, 2.24) is 4.90 Å². The molecule has 0 aliphatic carbocycles. The maximum absolute atomic E-state index is 13.8. The standard InChI is InChI=1S/C27H31N3O5S/c1-21-9-12-24(13-10-21)36(32,33)30(25-14-11-23(34-2)19-26(25)35-3)20-27(31)29-17-15-28(16-18-29)22-7-5-4-6-8-22/h4-14,19H,15-18,20H2,1-3H3. The second kappa shape index (κ2) is 10.9. The van der Waals surface area contributed by atoms with Crippen molar-refractivity contribution in [2.75, 3.05) is 56.1 Å².